The zero-order valence-electron chi connectivity index (χ0n) is 13.0. The number of benzene rings is 1. The molecule has 1 aromatic carbocycles. The fourth-order valence-electron chi connectivity index (χ4n) is 2.86. The average Bonchev–Trinajstić information content (AvgIpc) is 2.57. The molecule has 0 radical (unpaired) electrons. The molecule has 1 amide bonds. The minimum atomic E-state index is -0.549. The highest BCUT2D eigenvalue weighted by Crippen LogP contribution is 2.32. The summed E-state index contributed by atoms with van der Waals surface area (Å²) in [5, 5.41) is 0.644. The fourth-order valence-corrected chi connectivity index (χ4v) is 3.05. The summed E-state index contributed by atoms with van der Waals surface area (Å²) in [6.45, 7) is 0.561. The number of carbonyl (C=O) groups excluding carboxylic acids is 1. The van der Waals surface area contributed by atoms with E-state index in [1.165, 1.54) is 0 Å². The smallest absolute Gasteiger partial charge is 0.258 e. The number of hydrogen-bond donors (Lipinski definition) is 0. The van der Waals surface area contributed by atoms with Crippen LogP contribution in [-0.4, -0.2) is 31.7 Å². The highest BCUT2D eigenvalue weighted by molar-refractivity contribution is 6.30. The first kappa shape index (κ1) is 15.9. The van der Waals surface area contributed by atoms with Crippen molar-refractivity contribution in [2.24, 2.45) is 0 Å². The summed E-state index contributed by atoms with van der Waals surface area (Å²) in [5.41, 5.74) is 3.11. The number of fused-ring (bicyclic) bond motifs is 1. The number of amides is 1. The van der Waals surface area contributed by atoms with E-state index < -0.39 is 6.29 Å². The van der Waals surface area contributed by atoms with Crippen molar-refractivity contribution in [3.05, 3.63) is 58.4 Å². The highest BCUT2D eigenvalue weighted by Gasteiger charge is 2.29. The molecule has 1 aromatic heterocycles. The third-order valence-corrected chi connectivity index (χ3v) is 4.19. The zero-order valence-corrected chi connectivity index (χ0v) is 13.7. The maximum atomic E-state index is 12.9. The number of methoxy groups -OCH3 is 2. The summed E-state index contributed by atoms with van der Waals surface area (Å²) in [4.78, 5) is 18.7. The first-order chi connectivity index (χ1) is 11.2. The third kappa shape index (κ3) is 2.95. The highest BCUT2D eigenvalue weighted by atomic mass is 35.5. The van der Waals surface area contributed by atoms with Crippen molar-refractivity contribution in [1.29, 1.82) is 0 Å². The lowest BCUT2D eigenvalue weighted by molar-refractivity contribution is -0.105. The lowest BCUT2D eigenvalue weighted by Crippen LogP contribution is -2.38. The van der Waals surface area contributed by atoms with Gasteiger partial charge in [0.05, 0.1) is 11.9 Å². The van der Waals surface area contributed by atoms with E-state index in [-0.39, 0.29) is 5.91 Å². The topological polar surface area (TPSA) is 51.7 Å². The van der Waals surface area contributed by atoms with E-state index in [0.29, 0.717) is 22.8 Å². The van der Waals surface area contributed by atoms with E-state index in [9.17, 15) is 4.79 Å². The monoisotopic (exact) mass is 332 g/mol. The molecule has 0 N–H and O–H groups in total. The molecule has 23 heavy (non-hydrogen) atoms. The van der Waals surface area contributed by atoms with E-state index in [1.54, 1.807) is 49.7 Å². The van der Waals surface area contributed by atoms with Crippen LogP contribution < -0.4 is 4.90 Å². The second kappa shape index (κ2) is 6.66. The van der Waals surface area contributed by atoms with Crippen LogP contribution in [0.15, 0.2) is 36.7 Å². The molecule has 120 valence electrons. The molecule has 0 saturated heterocycles. The molecule has 2 heterocycles. The van der Waals surface area contributed by atoms with E-state index in [0.717, 1.165) is 17.5 Å². The van der Waals surface area contributed by atoms with Gasteiger partial charge in [-0.2, -0.15) is 0 Å². The van der Waals surface area contributed by atoms with E-state index in [2.05, 4.69) is 4.98 Å². The molecule has 0 unspecified atom stereocenters. The van der Waals surface area contributed by atoms with Crippen LogP contribution in [0, 0.1) is 0 Å². The Balaban J connectivity index is 2.01. The van der Waals surface area contributed by atoms with Crippen molar-refractivity contribution in [3.63, 3.8) is 0 Å². The SMILES string of the molecule is COC(OC)c1ccncc1N1CCc2cc(Cl)ccc2C1=O. The Morgan fingerprint density at radius 3 is 2.78 bits per heavy atom. The molecule has 1 aliphatic heterocycles. The Hall–Kier alpha value is -1.95. The predicted octanol–water partition coefficient (Wildman–Crippen LogP) is 3.23. The van der Waals surface area contributed by atoms with Gasteiger partial charge in [-0.1, -0.05) is 11.6 Å². The zero-order chi connectivity index (χ0) is 16.4. The van der Waals surface area contributed by atoms with Crippen molar-refractivity contribution in [3.8, 4) is 0 Å². The lowest BCUT2D eigenvalue weighted by atomic mass is 9.98. The van der Waals surface area contributed by atoms with Crippen molar-refractivity contribution in [1.82, 2.24) is 4.98 Å². The van der Waals surface area contributed by atoms with Gasteiger partial charge in [-0.25, -0.2) is 0 Å². The Morgan fingerprint density at radius 1 is 1.26 bits per heavy atom. The second-order valence-electron chi connectivity index (χ2n) is 5.25. The minimum absolute atomic E-state index is 0.0666. The quantitative estimate of drug-likeness (QED) is 0.807. The van der Waals surface area contributed by atoms with Crippen LogP contribution in [0.2, 0.25) is 5.02 Å². The van der Waals surface area contributed by atoms with Crippen LogP contribution in [0.1, 0.15) is 27.8 Å². The van der Waals surface area contributed by atoms with Crippen molar-refractivity contribution >= 4 is 23.2 Å². The fraction of sp³-hybridized carbons (Fsp3) is 0.294. The molecule has 0 spiro atoms. The van der Waals surface area contributed by atoms with Gasteiger partial charge >= 0.3 is 0 Å². The van der Waals surface area contributed by atoms with Crippen LogP contribution in [-0.2, 0) is 15.9 Å². The number of pyridine rings is 1. The predicted molar refractivity (Wildman–Crippen MR) is 87.8 cm³/mol. The molecular formula is C17H17ClN2O3. The van der Waals surface area contributed by atoms with Crippen molar-refractivity contribution in [2.45, 2.75) is 12.7 Å². The molecule has 6 heteroatoms. The molecule has 5 nitrogen and oxygen atoms in total. The standard InChI is InChI=1S/C17H17ClN2O3/c1-22-17(23-2)14-5-7-19-10-15(14)20-8-6-11-9-12(18)3-4-13(11)16(20)21/h3-5,7,9-10,17H,6,8H2,1-2H3. The van der Waals surface area contributed by atoms with Crippen LogP contribution in [0.25, 0.3) is 0 Å². The normalized spacial score (nSPS) is 14.3. The number of carbonyl (C=O) groups is 1. The molecule has 0 saturated carbocycles. The minimum Gasteiger partial charge on any atom is -0.352 e. The van der Waals surface area contributed by atoms with Crippen LogP contribution >= 0.6 is 11.6 Å². The van der Waals surface area contributed by atoms with Gasteiger partial charge in [0.25, 0.3) is 5.91 Å². The van der Waals surface area contributed by atoms with Crippen LogP contribution in [0.5, 0.6) is 0 Å². The van der Waals surface area contributed by atoms with Gasteiger partial charge in [0, 0.05) is 43.1 Å². The van der Waals surface area contributed by atoms with E-state index in [1.807, 2.05) is 6.07 Å². The Morgan fingerprint density at radius 2 is 2.04 bits per heavy atom. The summed E-state index contributed by atoms with van der Waals surface area (Å²) in [6, 6.07) is 7.16. The van der Waals surface area contributed by atoms with Gasteiger partial charge in [-0.15, -0.1) is 0 Å². The summed E-state index contributed by atoms with van der Waals surface area (Å²) in [7, 11) is 3.13. The van der Waals surface area contributed by atoms with E-state index in [4.69, 9.17) is 21.1 Å². The number of nitrogens with zero attached hydrogens (tertiary/aromatic N) is 2. The molecular weight excluding hydrogens is 316 g/mol. The maximum Gasteiger partial charge on any atom is 0.258 e. The molecule has 2 aromatic rings. The Labute approximate surface area is 139 Å². The Bertz CT molecular complexity index is 732. The molecule has 0 fully saturated rings. The van der Waals surface area contributed by atoms with Crippen molar-refractivity contribution in [2.75, 3.05) is 25.7 Å². The van der Waals surface area contributed by atoms with Gasteiger partial charge in [0.2, 0.25) is 0 Å². The molecule has 0 bridgehead atoms. The summed E-state index contributed by atoms with van der Waals surface area (Å²) in [5.74, 6) is -0.0666. The Kier molecular flexibility index (Phi) is 4.61. The first-order valence-electron chi connectivity index (χ1n) is 7.25. The number of ether oxygens (including phenoxy) is 2. The van der Waals surface area contributed by atoms with Gasteiger partial charge < -0.3 is 14.4 Å². The molecule has 0 aliphatic carbocycles. The lowest BCUT2D eigenvalue weighted by Gasteiger charge is -2.31. The van der Waals surface area contributed by atoms with Crippen LogP contribution in [0.3, 0.4) is 0 Å². The van der Waals surface area contributed by atoms with Crippen LogP contribution in [0.4, 0.5) is 5.69 Å². The first-order valence-corrected chi connectivity index (χ1v) is 7.63. The molecule has 1 aliphatic rings. The van der Waals surface area contributed by atoms with Gasteiger partial charge in [-0.05, 0) is 36.2 Å². The summed E-state index contributed by atoms with van der Waals surface area (Å²) in [6.07, 6.45) is 3.51. The summed E-state index contributed by atoms with van der Waals surface area (Å²) < 4.78 is 10.7. The largest absolute Gasteiger partial charge is 0.352 e. The number of hydrogen-bond acceptors (Lipinski definition) is 4. The van der Waals surface area contributed by atoms with Gasteiger partial charge in [0.15, 0.2) is 6.29 Å². The molecule has 3 rings (SSSR count). The average molecular weight is 333 g/mol. The van der Waals surface area contributed by atoms with E-state index >= 15 is 0 Å². The van der Waals surface area contributed by atoms with Gasteiger partial charge in [-0.3, -0.25) is 9.78 Å². The van der Waals surface area contributed by atoms with Gasteiger partial charge in [0.1, 0.15) is 0 Å². The van der Waals surface area contributed by atoms with Crippen molar-refractivity contribution < 1.29 is 14.3 Å². The number of halogens is 1. The maximum absolute atomic E-state index is 12.9. The number of aromatic nitrogens is 1. The molecule has 0 atom stereocenters. The number of rotatable bonds is 4. The number of anilines is 1. The summed E-state index contributed by atoms with van der Waals surface area (Å²) >= 11 is 6.01. The second-order valence-corrected chi connectivity index (χ2v) is 5.68. The third-order valence-electron chi connectivity index (χ3n) is 3.95.